The Morgan fingerprint density at radius 3 is 2.20 bits per heavy atom. The third-order valence-corrected chi connectivity index (χ3v) is 7.15. The monoisotopic (exact) mass is 497 g/mol. The van der Waals surface area contributed by atoms with E-state index in [9.17, 15) is 38.0 Å². The molecule has 3 aromatic rings. The van der Waals surface area contributed by atoms with Gasteiger partial charge in [-0.1, -0.05) is 24.3 Å². The molecule has 0 saturated carbocycles. The number of rotatable bonds is 9. The molecule has 0 radical (unpaired) electrons. The highest BCUT2D eigenvalue weighted by atomic mass is 32.2. The molecule has 0 spiro atoms. The topological polar surface area (TPSA) is 164 Å². The van der Waals surface area contributed by atoms with Gasteiger partial charge in [0, 0.05) is 41.7 Å². The number of benzene rings is 3. The van der Waals surface area contributed by atoms with Crippen molar-refractivity contribution in [3.63, 3.8) is 0 Å². The molecule has 35 heavy (non-hydrogen) atoms. The predicted molar refractivity (Wildman–Crippen MR) is 124 cm³/mol. The lowest BCUT2D eigenvalue weighted by molar-refractivity contribution is -0.385. The van der Waals surface area contributed by atoms with Crippen LogP contribution in [0.1, 0.15) is 43.9 Å². The number of imide groups is 1. The summed E-state index contributed by atoms with van der Waals surface area (Å²) in [7, 11) is -4.37. The number of non-ortho nitro benzene ring substituents is 1. The molecule has 0 aliphatic carbocycles. The average Bonchev–Trinajstić information content (AvgIpc) is 2.83. The minimum Gasteiger partial charge on any atom is -0.478 e. The number of carboxylic acids is 1. The summed E-state index contributed by atoms with van der Waals surface area (Å²) in [6, 6.07) is 12.9. The molecule has 2 N–H and O–H groups in total. The van der Waals surface area contributed by atoms with Crippen molar-refractivity contribution in [3.05, 3.63) is 81.4 Å². The SMILES string of the molecule is O=C(O)c1ccc([N+](=O)[O-])cc1S(=O)(=O)NCCCCN1C(=O)c2cccc3cccc(c23)C1=O. The molecular formula is C23H19N3O8S. The van der Waals surface area contributed by atoms with E-state index in [0.29, 0.717) is 22.6 Å². The van der Waals surface area contributed by atoms with Crippen LogP contribution in [0.5, 0.6) is 0 Å². The molecule has 0 unspecified atom stereocenters. The smallest absolute Gasteiger partial charge is 0.337 e. The van der Waals surface area contributed by atoms with Crippen LogP contribution in [0, 0.1) is 10.1 Å². The molecule has 11 nitrogen and oxygen atoms in total. The van der Waals surface area contributed by atoms with Crippen molar-refractivity contribution in [1.29, 1.82) is 0 Å². The van der Waals surface area contributed by atoms with E-state index < -0.39 is 48.9 Å². The Morgan fingerprint density at radius 1 is 1.00 bits per heavy atom. The number of carbonyl (C=O) groups is 3. The number of nitro groups is 1. The van der Waals surface area contributed by atoms with Gasteiger partial charge in [-0.05, 0) is 36.4 Å². The van der Waals surface area contributed by atoms with Crippen LogP contribution >= 0.6 is 0 Å². The summed E-state index contributed by atoms with van der Waals surface area (Å²) in [6.07, 6.45) is 0.498. The summed E-state index contributed by atoms with van der Waals surface area (Å²) in [6.45, 7) is -0.0756. The molecular weight excluding hydrogens is 478 g/mol. The number of amides is 2. The van der Waals surface area contributed by atoms with Crippen LogP contribution in [-0.2, 0) is 10.0 Å². The molecule has 0 saturated heterocycles. The van der Waals surface area contributed by atoms with Gasteiger partial charge in [-0.2, -0.15) is 0 Å². The number of hydrogen-bond donors (Lipinski definition) is 2. The van der Waals surface area contributed by atoms with Crippen molar-refractivity contribution >= 4 is 44.3 Å². The van der Waals surface area contributed by atoms with Crippen molar-refractivity contribution in [2.45, 2.75) is 17.7 Å². The third-order valence-electron chi connectivity index (χ3n) is 5.65. The zero-order valence-electron chi connectivity index (χ0n) is 18.1. The second kappa shape index (κ2) is 9.24. The van der Waals surface area contributed by atoms with Crippen molar-refractivity contribution in [1.82, 2.24) is 9.62 Å². The van der Waals surface area contributed by atoms with Gasteiger partial charge in [0.15, 0.2) is 0 Å². The van der Waals surface area contributed by atoms with Gasteiger partial charge in [0.25, 0.3) is 17.5 Å². The quantitative estimate of drug-likeness (QED) is 0.197. The van der Waals surface area contributed by atoms with Crippen molar-refractivity contribution in [3.8, 4) is 0 Å². The van der Waals surface area contributed by atoms with E-state index in [2.05, 4.69) is 4.72 Å². The van der Waals surface area contributed by atoms with Gasteiger partial charge < -0.3 is 5.11 Å². The predicted octanol–water partition coefficient (Wildman–Crippen LogP) is 2.80. The van der Waals surface area contributed by atoms with Crippen LogP contribution in [-0.4, -0.2) is 54.2 Å². The fourth-order valence-corrected chi connectivity index (χ4v) is 5.28. The lowest BCUT2D eigenvalue weighted by Crippen LogP contribution is -2.41. The normalized spacial score (nSPS) is 13.3. The average molecular weight is 497 g/mol. The van der Waals surface area contributed by atoms with Gasteiger partial charge in [-0.15, -0.1) is 0 Å². The van der Waals surface area contributed by atoms with E-state index in [0.717, 1.165) is 22.4 Å². The number of unbranched alkanes of at least 4 members (excludes halogenated alkanes) is 1. The first-order valence-corrected chi connectivity index (χ1v) is 12.0. The zero-order valence-corrected chi connectivity index (χ0v) is 18.9. The molecule has 3 aromatic carbocycles. The van der Waals surface area contributed by atoms with E-state index in [1.165, 1.54) is 0 Å². The molecule has 0 aromatic heterocycles. The third kappa shape index (κ3) is 4.48. The second-order valence-corrected chi connectivity index (χ2v) is 9.55. The molecule has 1 aliphatic rings. The van der Waals surface area contributed by atoms with Crippen molar-refractivity contribution in [2.24, 2.45) is 0 Å². The van der Waals surface area contributed by atoms with Crippen LogP contribution in [0.4, 0.5) is 5.69 Å². The number of nitro benzene ring substituents is 1. The molecule has 1 aliphatic heterocycles. The summed E-state index contributed by atoms with van der Waals surface area (Å²) >= 11 is 0. The van der Waals surface area contributed by atoms with E-state index in [4.69, 9.17) is 0 Å². The lowest BCUT2D eigenvalue weighted by Gasteiger charge is -2.27. The van der Waals surface area contributed by atoms with E-state index >= 15 is 0 Å². The highest BCUT2D eigenvalue weighted by Gasteiger charge is 2.32. The number of carbonyl (C=O) groups excluding carboxylic acids is 2. The molecule has 12 heteroatoms. The maximum Gasteiger partial charge on any atom is 0.337 e. The fourth-order valence-electron chi connectivity index (χ4n) is 3.99. The van der Waals surface area contributed by atoms with Gasteiger partial charge in [-0.3, -0.25) is 24.6 Å². The molecule has 1 heterocycles. The number of nitrogens with one attached hydrogen (secondary N) is 1. The Morgan fingerprint density at radius 2 is 1.63 bits per heavy atom. The first-order valence-electron chi connectivity index (χ1n) is 10.5. The maximum absolute atomic E-state index is 12.9. The van der Waals surface area contributed by atoms with Gasteiger partial charge in [0.05, 0.1) is 10.5 Å². The van der Waals surface area contributed by atoms with Crippen molar-refractivity contribution < 1.29 is 32.8 Å². The Labute approximate surface area is 199 Å². The van der Waals surface area contributed by atoms with E-state index in [1.807, 2.05) is 12.1 Å². The minimum atomic E-state index is -4.37. The van der Waals surface area contributed by atoms with Crippen LogP contribution in [0.2, 0.25) is 0 Å². The molecule has 180 valence electrons. The minimum absolute atomic E-state index is 0.0568. The number of nitrogens with zero attached hydrogens (tertiary/aromatic N) is 2. The Kier molecular flexibility index (Phi) is 6.33. The summed E-state index contributed by atoms with van der Waals surface area (Å²) in [5.41, 5.74) is -0.316. The van der Waals surface area contributed by atoms with Gasteiger partial charge >= 0.3 is 5.97 Å². The van der Waals surface area contributed by atoms with Crippen LogP contribution in [0.3, 0.4) is 0 Å². The largest absolute Gasteiger partial charge is 0.478 e. The lowest BCUT2D eigenvalue weighted by atomic mass is 9.94. The fraction of sp³-hybridized carbons (Fsp3) is 0.174. The number of sulfonamides is 1. The van der Waals surface area contributed by atoms with Gasteiger partial charge in [-0.25, -0.2) is 17.9 Å². The van der Waals surface area contributed by atoms with Crippen LogP contribution in [0.25, 0.3) is 10.8 Å². The standard InChI is InChI=1S/C23H19N3O8S/c27-21-17-7-3-5-14-6-4-8-18(20(14)17)22(28)25(21)12-2-1-11-24-35(33,34)19-13-15(26(31)32)9-10-16(19)23(29)30/h3-10,13,24H,1-2,11-12H2,(H,29,30). The molecule has 2 amide bonds. The summed E-state index contributed by atoms with van der Waals surface area (Å²) in [4.78, 5) is 47.7. The van der Waals surface area contributed by atoms with Gasteiger partial charge in [0.2, 0.25) is 10.0 Å². The maximum atomic E-state index is 12.9. The van der Waals surface area contributed by atoms with Crippen LogP contribution in [0.15, 0.2) is 59.5 Å². The Balaban J connectivity index is 1.42. The van der Waals surface area contributed by atoms with E-state index in [-0.39, 0.29) is 25.9 Å². The Bertz CT molecular complexity index is 1450. The summed E-state index contributed by atoms with van der Waals surface area (Å²) in [5.74, 6) is -2.40. The summed E-state index contributed by atoms with van der Waals surface area (Å²) in [5, 5.41) is 21.6. The van der Waals surface area contributed by atoms with Crippen LogP contribution < -0.4 is 4.72 Å². The first-order chi connectivity index (χ1) is 16.6. The molecule has 0 bridgehead atoms. The molecule has 4 rings (SSSR count). The zero-order chi connectivity index (χ0) is 25.3. The second-order valence-electron chi connectivity index (χ2n) is 7.82. The highest BCUT2D eigenvalue weighted by Crippen LogP contribution is 2.30. The Hall–Kier alpha value is -4.16. The molecule has 0 fully saturated rings. The van der Waals surface area contributed by atoms with Crippen molar-refractivity contribution in [2.75, 3.05) is 13.1 Å². The number of carboxylic acid groups (broad SMARTS) is 1. The number of aromatic carboxylic acids is 1. The first kappa shape index (κ1) is 24.0. The van der Waals surface area contributed by atoms with Gasteiger partial charge in [0.1, 0.15) is 4.90 Å². The highest BCUT2D eigenvalue weighted by molar-refractivity contribution is 7.89. The molecule has 0 atom stereocenters. The summed E-state index contributed by atoms with van der Waals surface area (Å²) < 4.78 is 27.5. The van der Waals surface area contributed by atoms with E-state index in [1.54, 1.807) is 24.3 Å². The number of hydrogen-bond acceptors (Lipinski definition) is 7.